The number of nitrogens with zero attached hydrogens (tertiary/aromatic N) is 2. The molecule has 0 aliphatic carbocycles. The van der Waals surface area contributed by atoms with Crippen LogP contribution in [-0.2, 0) is 5.41 Å². The smallest absolute Gasteiger partial charge is 0.252 e. The van der Waals surface area contributed by atoms with E-state index in [0.29, 0.717) is 0 Å². The van der Waals surface area contributed by atoms with Gasteiger partial charge in [0.2, 0.25) is 0 Å². The van der Waals surface area contributed by atoms with Crippen molar-refractivity contribution in [3.8, 4) is 89.0 Å². The van der Waals surface area contributed by atoms with Crippen molar-refractivity contribution in [2.24, 2.45) is 0 Å². The van der Waals surface area contributed by atoms with Crippen LogP contribution < -0.4 is 26.2 Å². The number of para-hydroxylation sites is 2. The van der Waals surface area contributed by atoms with E-state index >= 15 is 0 Å². The predicted molar refractivity (Wildman–Crippen MR) is 431 cm³/mol. The maximum absolute atomic E-state index is 2.70. The lowest BCUT2D eigenvalue weighted by molar-refractivity contribution is 0.590. The monoisotopic (exact) mass is 1290 g/mol. The first-order valence-electron chi connectivity index (χ1n) is 34.8. The Balaban J connectivity index is 0.941. The molecule has 16 aromatic carbocycles. The van der Waals surface area contributed by atoms with Crippen molar-refractivity contribution in [1.82, 2.24) is 0 Å². The molecule has 470 valence electrons. The average Bonchev–Trinajstić information content (AvgIpc) is 0.768. The van der Waals surface area contributed by atoms with Gasteiger partial charge in [-0.05, 0) is 164 Å². The van der Waals surface area contributed by atoms with Crippen molar-refractivity contribution >= 4 is 110 Å². The molecule has 0 N–H and O–H groups in total. The zero-order chi connectivity index (χ0) is 66.6. The summed E-state index contributed by atoms with van der Waals surface area (Å²) in [6, 6.07) is 132. The molecule has 0 spiro atoms. The van der Waals surface area contributed by atoms with Crippen LogP contribution in [0.5, 0.6) is 0 Å². The summed E-state index contributed by atoms with van der Waals surface area (Å²) in [7, 11) is 0. The molecule has 0 atom stereocenters. The van der Waals surface area contributed by atoms with Crippen LogP contribution in [0, 0.1) is 0 Å². The highest BCUT2D eigenvalue weighted by Crippen LogP contribution is 2.55. The lowest BCUT2D eigenvalue weighted by Gasteiger charge is -2.46. The molecule has 2 nitrogen and oxygen atoms in total. The molecule has 0 unspecified atom stereocenters. The van der Waals surface area contributed by atoms with Gasteiger partial charge in [-0.25, -0.2) is 0 Å². The fraction of sp³-hybridized carbons (Fsp3) is 0.0417. The molecule has 17 aromatic rings. The first kappa shape index (κ1) is 59.2. The predicted octanol–water partition coefficient (Wildman–Crippen LogP) is 25.1. The lowest BCUT2D eigenvalue weighted by Crippen LogP contribution is -2.61. The van der Waals surface area contributed by atoms with Gasteiger partial charge in [0.15, 0.2) is 0 Å². The summed E-state index contributed by atoms with van der Waals surface area (Å²) >= 11 is 1.87. The Hall–Kier alpha value is -12.1. The van der Waals surface area contributed by atoms with Crippen LogP contribution in [0.15, 0.2) is 352 Å². The van der Waals surface area contributed by atoms with Crippen LogP contribution in [0.4, 0.5) is 34.1 Å². The number of hydrogen-bond acceptors (Lipinski definition) is 3. The topological polar surface area (TPSA) is 6.48 Å². The molecule has 0 radical (unpaired) electrons. The van der Waals surface area contributed by atoms with E-state index in [0.717, 1.165) is 84.1 Å². The highest BCUT2D eigenvalue weighted by molar-refractivity contribution is 7.25. The molecule has 0 saturated heterocycles. The van der Waals surface area contributed by atoms with Crippen LogP contribution in [0.3, 0.4) is 0 Å². The first-order valence-corrected chi connectivity index (χ1v) is 35.6. The molecule has 4 heteroatoms. The van der Waals surface area contributed by atoms with Gasteiger partial charge in [-0.15, -0.1) is 11.3 Å². The van der Waals surface area contributed by atoms with E-state index in [2.05, 4.69) is 382 Å². The summed E-state index contributed by atoms with van der Waals surface area (Å²) in [5.41, 5.74) is 30.4. The van der Waals surface area contributed by atoms with Gasteiger partial charge in [-0.1, -0.05) is 324 Å². The molecule has 100 heavy (non-hydrogen) atoms. The van der Waals surface area contributed by atoms with Crippen molar-refractivity contribution in [3.05, 3.63) is 357 Å². The van der Waals surface area contributed by atoms with E-state index < -0.39 is 0 Å². The fourth-order valence-electron chi connectivity index (χ4n) is 16.3. The Labute approximate surface area is 588 Å². The van der Waals surface area contributed by atoms with Gasteiger partial charge in [0.05, 0.1) is 11.4 Å². The summed E-state index contributed by atoms with van der Waals surface area (Å²) in [6.07, 6.45) is 0. The average molecular weight is 1290 g/mol. The zero-order valence-electron chi connectivity index (χ0n) is 55.9. The van der Waals surface area contributed by atoms with E-state index in [4.69, 9.17) is 0 Å². The Morgan fingerprint density at radius 1 is 0.250 bits per heavy atom. The normalized spacial score (nSPS) is 12.5. The minimum absolute atomic E-state index is 0.197. The number of rotatable bonds is 10. The number of fused-ring (bicyclic) bond motifs is 9. The molecule has 3 heterocycles. The van der Waals surface area contributed by atoms with E-state index in [1.54, 1.807) is 0 Å². The van der Waals surface area contributed by atoms with E-state index in [1.165, 1.54) is 103 Å². The maximum Gasteiger partial charge on any atom is 0.252 e. The van der Waals surface area contributed by atoms with E-state index in [9.17, 15) is 0 Å². The van der Waals surface area contributed by atoms with Gasteiger partial charge in [-0.3, -0.25) is 0 Å². The van der Waals surface area contributed by atoms with Crippen molar-refractivity contribution in [3.63, 3.8) is 0 Å². The van der Waals surface area contributed by atoms with Crippen LogP contribution in [0.1, 0.15) is 26.3 Å². The van der Waals surface area contributed by atoms with Gasteiger partial charge in [0.25, 0.3) is 6.71 Å². The fourth-order valence-corrected chi connectivity index (χ4v) is 17.4. The molecule has 19 rings (SSSR count). The summed E-state index contributed by atoms with van der Waals surface area (Å²) < 4.78 is 2.60. The number of hydrogen-bond donors (Lipinski definition) is 0. The second-order valence-electron chi connectivity index (χ2n) is 27.8. The third kappa shape index (κ3) is 9.76. The Morgan fingerprint density at radius 2 is 0.590 bits per heavy atom. The summed E-state index contributed by atoms with van der Waals surface area (Å²) in [5.74, 6) is 0. The summed E-state index contributed by atoms with van der Waals surface area (Å²) in [6.45, 7) is 6.96. The second-order valence-corrected chi connectivity index (χ2v) is 28.9. The van der Waals surface area contributed by atoms with Gasteiger partial charge < -0.3 is 9.80 Å². The van der Waals surface area contributed by atoms with Crippen molar-refractivity contribution < 1.29 is 0 Å². The summed E-state index contributed by atoms with van der Waals surface area (Å²) in [5, 5.41) is 7.50. The van der Waals surface area contributed by atoms with Gasteiger partial charge in [-0.2, -0.15) is 0 Å². The summed E-state index contributed by atoms with van der Waals surface area (Å²) in [4.78, 5) is 5.39. The lowest BCUT2D eigenvalue weighted by atomic mass is 9.33. The molecule has 1 aromatic heterocycles. The molecular weight excluding hydrogens is 1220 g/mol. The van der Waals surface area contributed by atoms with Crippen molar-refractivity contribution in [1.29, 1.82) is 0 Å². The second kappa shape index (κ2) is 23.9. The van der Waals surface area contributed by atoms with Crippen molar-refractivity contribution in [2.75, 3.05) is 9.80 Å². The van der Waals surface area contributed by atoms with Gasteiger partial charge >= 0.3 is 0 Å². The Kier molecular flexibility index (Phi) is 14.1. The molecule has 0 bridgehead atoms. The molecular formula is C96H67BN2S. The molecule has 0 amide bonds. The highest BCUT2D eigenvalue weighted by Gasteiger charge is 2.46. The number of anilines is 6. The van der Waals surface area contributed by atoms with E-state index in [-0.39, 0.29) is 12.1 Å². The van der Waals surface area contributed by atoms with Crippen molar-refractivity contribution in [2.45, 2.75) is 26.2 Å². The van der Waals surface area contributed by atoms with Crippen LogP contribution in [-0.4, -0.2) is 6.71 Å². The van der Waals surface area contributed by atoms with Crippen LogP contribution in [0.25, 0.3) is 131 Å². The maximum atomic E-state index is 2.70. The van der Waals surface area contributed by atoms with Crippen LogP contribution >= 0.6 is 11.3 Å². The molecule has 2 aliphatic heterocycles. The number of thiophene rings is 1. The first-order chi connectivity index (χ1) is 49.3. The van der Waals surface area contributed by atoms with Gasteiger partial charge in [0, 0.05) is 65.2 Å². The molecule has 0 saturated carbocycles. The minimum Gasteiger partial charge on any atom is -0.310 e. The Bertz CT molecular complexity index is 5940. The third-order valence-corrected chi connectivity index (χ3v) is 22.1. The number of benzene rings is 16. The molecule has 2 aliphatic rings. The Morgan fingerprint density at radius 3 is 1.03 bits per heavy atom. The quantitative estimate of drug-likeness (QED) is 0.0995. The molecule has 0 fully saturated rings. The van der Waals surface area contributed by atoms with E-state index in [1.807, 2.05) is 11.3 Å². The van der Waals surface area contributed by atoms with Crippen LogP contribution in [0.2, 0.25) is 0 Å². The largest absolute Gasteiger partial charge is 0.310 e. The third-order valence-electron chi connectivity index (χ3n) is 21.0. The van der Waals surface area contributed by atoms with Gasteiger partial charge in [0.1, 0.15) is 0 Å². The SMILES string of the molecule is CC(C)(C)c1cc2c3c(c1)N(c1c(-c4ccccc4)cccc1-c1ccccc1)c1cc(-c4ccc5sc6ccccc6c5c4)ccc1B3c1ccc(-c3ccc4c(-c5ccccc5)c5ccccc5c(-c5ccccc5)c4c3)cc1N2c1c(-c2ccccc2)cccc1-c1ccccc1. The zero-order valence-corrected chi connectivity index (χ0v) is 56.7. The minimum atomic E-state index is -0.298. The highest BCUT2D eigenvalue weighted by atomic mass is 32.1. The standard InChI is InChI=1S/C96H67BN2S/c1-96(2,3)72-60-87-93-88(61-72)99(95-75(64-32-14-6-15-33-64)45-27-46-76(95)65-34-16-7-17-35-65)86-59-71(69-51-55-90-81(56-69)77-40-24-25-47-89(77)100-90)50-54-84(86)97(93)83-53-49-70(58-85(83)98(87)94-73(62-28-10-4-11-29-62)43-26-44-74(94)63-30-12-5-13-31-63)68-48-52-80-82(57-68)92(67-38-20-9-21-39-67)79-42-23-22-41-78(79)91(80)66-36-18-8-19-37-66/h4-61H,1-3H3.